The highest BCUT2D eigenvalue weighted by molar-refractivity contribution is 5.93. The van der Waals surface area contributed by atoms with E-state index in [0.717, 1.165) is 5.56 Å². The van der Waals surface area contributed by atoms with Crippen LogP contribution in [0.4, 0.5) is 4.79 Å². The van der Waals surface area contributed by atoms with Crippen molar-refractivity contribution >= 4 is 23.9 Å². The zero-order chi connectivity index (χ0) is 30.8. The first-order valence-corrected chi connectivity index (χ1v) is 13.7. The number of esters is 1. The second kappa shape index (κ2) is 14.5. The molecule has 0 saturated carbocycles. The predicted octanol–water partition coefficient (Wildman–Crippen LogP) is 4.27. The number of rotatable bonds is 11. The molecule has 10 heteroatoms. The molecule has 224 valence electrons. The second-order valence-corrected chi connectivity index (χ2v) is 11.7. The van der Waals surface area contributed by atoms with Crippen LogP contribution in [0, 0.1) is 0 Å². The van der Waals surface area contributed by atoms with Crippen molar-refractivity contribution in [2.24, 2.45) is 0 Å². The summed E-state index contributed by atoms with van der Waals surface area (Å²) in [7, 11) is 0. The van der Waals surface area contributed by atoms with Gasteiger partial charge < -0.3 is 30.1 Å². The highest BCUT2D eigenvalue weighted by atomic mass is 16.6. The Labute approximate surface area is 242 Å². The van der Waals surface area contributed by atoms with E-state index < -0.39 is 53.7 Å². The summed E-state index contributed by atoms with van der Waals surface area (Å²) in [6.45, 7) is 11.8. The summed E-state index contributed by atoms with van der Waals surface area (Å²) >= 11 is 0. The summed E-state index contributed by atoms with van der Waals surface area (Å²) in [5, 5.41) is 15.9. The fourth-order valence-corrected chi connectivity index (χ4v) is 4.04. The van der Waals surface area contributed by atoms with Crippen molar-refractivity contribution < 1.29 is 33.8 Å². The molecule has 10 nitrogen and oxygen atoms in total. The quantitative estimate of drug-likeness (QED) is 0.344. The van der Waals surface area contributed by atoms with E-state index in [1.165, 1.54) is 17.0 Å². The first kappa shape index (κ1) is 33.1. The molecule has 0 aromatic heterocycles. The van der Waals surface area contributed by atoms with Gasteiger partial charge in [0.1, 0.15) is 35.6 Å². The lowest BCUT2D eigenvalue weighted by Crippen LogP contribution is -2.52. The summed E-state index contributed by atoms with van der Waals surface area (Å²) in [5.74, 6) is -2.08. The summed E-state index contributed by atoms with van der Waals surface area (Å²) in [5.41, 5.74) is -0.590. The maximum absolute atomic E-state index is 14.0. The molecule has 0 aliphatic rings. The number of hydrogen-bond donors (Lipinski definition) is 3. The molecule has 0 bridgehead atoms. The Morgan fingerprint density at radius 1 is 0.878 bits per heavy atom. The third-order valence-electron chi connectivity index (χ3n) is 5.65. The van der Waals surface area contributed by atoms with Gasteiger partial charge in [0.2, 0.25) is 11.8 Å². The fourth-order valence-electron chi connectivity index (χ4n) is 4.04. The van der Waals surface area contributed by atoms with Gasteiger partial charge in [-0.3, -0.25) is 9.59 Å². The van der Waals surface area contributed by atoms with Crippen LogP contribution in [0.15, 0.2) is 54.6 Å². The van der Waals surface area contributed by atoms with Gasteiger partial charge in [-0.05, 0) is 59.6 Å². The van der Waals surface area contributed by atoms with Gasteiger partial charge in [0.05, 0.1) is 0 Å². The Balaban J connectivity index is 2.43. The standard InChI is InChI=1S/C31H43N3O7/c1-8-18-34(25(36)20-32-29(39)41-31(5,6)7)26(22-16-12-13-17-24(22)35)27(37)33-23(28(38)40-30(2,3)4)19-21-14-10-9-11-15-21/h9-17,23,26,35H,8,18-20H2,1-7H3,(H,32,39)(H,33,37). The monoisotopic (exact) mass is 569 g/mol. The normalized spacial score (nSPS) is 13.0. The molecule has 0 spiro atoms. The zero-order valence-corrected chi connectivity index (χ0v) is 25.0. The topological polar surface area (TPSA) is 134 Å². The Morgan fingerprint density at radius 2 is 1.46 bits per heavy atom. The van der Waals surface area contributed by atoms with E-state index in [1.54, 1.807) is 53.7 Å². The molecule has 0 heterocycles. The Bertz CT molecular complexity index is 1190. The second-order valence-electron chi connectivity index (χ2n) is 11.7. The molecule has 2 unspecified atom stereocenters. The van der Waals surface area contributed by atoms with Crippen LogP contribution in [0.5, 0.6) is 5.75 Å². The van der Waals surface area contributed by atoms with Gasteiger partial charge in [0.15, 0.2) is 0 Å². The van der Waals surface area contributed by atoms with Crippen LogP contribution in [0.2, 0.25) is 0 Å². The number of hydrogen-bond acceptors (Lipinski definition) is 7. The van der Waals surface area contributed by atoms with Gasteiger partial charge in [-0.25, -0.2) is 9.59 Å². The van der Waals surface area contributed by atoms with Crippen molar-refractivity contribution in [3.63, 3.8) is 0 Å². The van der Waals surface area contributed by atoms with Gasteiger partial charge in [-0.1, -0.05) is 55.5 Å². The Hall–Kier alpha value is -4.08. The van der Waals surface area contributed by atoms with Gasteiger partial charge >= 0.3 is 12.1 Å². The number of carbonyl (C=O) groups excluding carboxylic acids is 4. The van der Waals surface area contributed by atoms with E-state index in [1.807, 2.05) is 37.3 Å². The molecule has 0 saturated heterocycles. The van der Waals surface area contributed by atoms with Crippen molar-refractivity contribution in [2.45, 2.75) is 84.6 Å². The largest absolute Gasteiger partial charge is 0.508 e. The minimum absolute atomic E-state index is 0.136. The van der Waals surface area contributed by atoms with Gasteiger partial charge in [-0.15, -0.1) is 0 Å². The number of alkyl carbamates (subject to hydrolysis) is 1. The van der Waals surface area contributed by atoms with E-state index >= 15 is 0 Å². The number of para-hydroxylation sites is 1. The number of benzene rings is 2. The molecular formula is C31H43N3O7. The number of amides is 3. The smallest absolute Gasteiger partial charge is 0.408 e. The molecule has 3 N–H and O–H groups in total. The number of nitrogens with zero attached hydrogens (tertiary/aromatic N) is 1. The summed E-state index contributed by atoms with van der Waals surface area (Å²) in [6.07, 6.45) is -0.148. The molecule has 2 aromatic rings. The Morgan fingerprint density at radius 3 is 2.02 bits per heavy atom. The summed E-state index contributed by atoms with van der Waals surface area (Å²) in [4.78, 5) is 54.1. The Kier molecular flexibility index (Phi) is 11.7. The molecule has 2 aromatic carbocycles. The SMILES string of the molecule is CCCN(C(=O)CNC(=O)OC(C)(C)C)C(C(=O)NC(Cc1ccccc1)C(=O)OC(C)(C)C)c1ccccc1O. The van der Waals surface area contributed by atoms with Crippen molar-refractivity contribution in [1.29, 1.82) is 0 Å². The molecule has 0 aliphatic heterocycles. The van der Waals surface area contributed by atoms with Crippen LogP contribution in [0.25, 0.3) is 0 Å². The average molecular weight is 570 g/mol. The van der Waals surface area contributed by atoms with E-state index in [0.29, 0.717) is 6.42 Å². The number of nitrogens with one attached hydrogen (secondary N) is 2. The third kappa shape index (κ3) is 11.1. The van der Waals surface area contributed by atoms with Crippen molar-refractivity contribution in [1.82, 2.24) is 15.5 Å². The number of carbonyl (C=O) groups is 4. The zero-order valence-electron chi connectivity index (χ0n) is 25.0. The number of phenols is 1. The van der Waals surface area contributed by atoms with Crippen molar-refractivity contribution in [3.8, 4) is 5.75 Å². The van der Waals surface area contributed by atoms with Crippen LogP contribution < -0.4 is 10.6 Å². The molecule has 0 aliphatic carbocycles. The highest BCUT2D eigenvalue weighted by Gasteiger charge is 2.36. The van der Waals surface area contributed by atoms with Gasteiger partial charge in [0, 0.05) is 18.5 Å². The van der Waals surface area contributed by atoms with Crippen molar-refractivity contribution in [3.05, 3.63) is 65.7 Å². The van der Waals surface area contributed by atoms with E-state index in [2.05, 4.69) is 10.6 Å². The number of aromatic hydroxyl groups is 1. The lowest BCUT2D eigenvalue weighted by Gasteiger charge is -2.33. The number of ether oxygens (including phenoxy) is 2. The predicted molar refractivity (Wildman–Crippen MR) is 155 cm³/mol. The van der Waals surface area contributed by atoms with Crippen LogP contribution in [-0.4, -0.2) is 64.2 Å². The van der Waals surface area contributed by atoms with Crippen LogP contribution in [0.1, 0.15) is 72.1 Å². The maximum atomic E-state index is 14.0. The molecule has 0 radical (unpaired) electrons. The average Bonchev–Trinajstić information content (AvgIpc) is 2.86. The minimum Gasteiger partial charge on any atom is -0.508 e. The van der Waals surface area contributed by atoms with Gasteiger partial charge in [0.25, 0.3) is 0 Å². The number of phenolic OH excluding ortho intramolecular Hbond substituents is 1. The first-order chi connectivity index (χ1) is 19.1. The molecular weight excluding hydrogens is 526 g/mol. The summed E-state index contributed by atoms with van der Waals surface area (Å²) < 4.78 is 10.8. The molecule has 3 amide bonds. The van der Waals surface area contributed by atoms with Gasteiger partial charge in [-0.2, -0.15) is 0 Å². The molecule has 41 heavy (non-hydrogen) atoms. The fraction of sp³-hybridized carbons (Fsp3) is 0.484. The highest BCUT2D eigenvalue weighted by Crippen LogP contribution is 2.30. The van der Waals surface area contributed by atoms with Crippen LogP contribution in [0.3, 0.4) is 0 Å². The summed E-state index contributed by atoms with van der Waals surface area (Å²) in [6, 6.07) is 13.0. The van der Waals surface area contributed by atoms with Crippen LogP contribution in [-0.2, 0) is 30.3 Å². The van der Waals surface area contributed by atoms with E-state index in [9.17, 15) is 24.3 Å². The van der Waals surface area contributed by atoms with Crippen molar-refractivity contribution in [2.75, 3.05) is 13.1 Å². The molecule has 2 rings (SSSR count). The van der Waals surface area contributed by atoms with Crippen LogP contribution >= 0.6 is 0 Å². The minimum atomic E-state index is -1.30. The first-order valence-electron chi connectivity index (χ1n) is 13.7. The lowest BCUT2D eigenvalue weighted by atomic mass is 10.0. The maximum Gasteiger partial charge on any atom is 0.408 e. The third-order valence-corrected chi connectivity index (χ3v) is 5.65. The molecule has 0 fully saturated rings. The lowest BCUT2D eigenvalue weighted by molar-refractivity contribution is -0.159. The van der Waals surface area contributed by atoms with E-state index in [4.69, 9.17) is 9.47 Å². The molecule has 2 atom stereocenters. The van der Waals surface area contributed by atoms with E-state index in [-0.39, 0.29) is 24.3 Å².